The van der Waals surface area contributed by atoms with Crippen molar-refractivity contribution in [3.63, 3.8) is 0 Å². The van der Waals surface area contributed by atoms with E-state index in [0.717, 1.165) is 6.42 Å². The molecule has 1 saturated carbocycles. The topological polar surface area (TPSA) is 118 Å². The maximum Gasteiger partial charge on any atom is 0.409 e. The maximum absolute atomic E-state index is 13.2. The molecule has 1 aromatic heterocycles. The molecule has 5 rings (SSSR count). The molecule has 0 radical (unpaired) electrons. The van der Waals surface area contributed by atoms with Crippen LogP contribution < -0.4 is 9.46 Å². The largest absolute Gasteiger partial charge is 0.495 e. The fraction of sp³-hybridized carbons (Fsp3) is 0.414. The number of ether oxygens (including phenoxy) is 2. The number of hydrogen-bond acceptors (Lipinski definition) is 7. The van der Waals surface area contributed by atoms with Crippen LogP contribution in [0, 0.1) is 5.92 Å². The highest BCUT2D eigenvalue weighted by molar-refractivity contribution is 7.93. The van der Waals surface area contributed by atoms with E-state index >= 15 is 0 Å². The number of pyridine rings is 1. The van der Waals surface area contributed by atoms with Crippen molar-refractivity contribution in [2.75, 3.05) is 44.6 Å². The number of fused-ring (bicyclic) bond motifs is 1. The number of amides is 2. The summed E-state index contributed by atoms with van der Waals surface area (Å²) < 4.78 is 40.0. The first kappa shape index (κ1) is 27.7. The zero-order valence-electron chi connectivity index (χ0n) is 22.5. The van der Waals surface area contributed by atoms with Crippen LogP contribution in [-0.4, -0.2) is 75.1 Å². The molecule has 1 N–H and O–H groups in total. The number of sulfonamides is 1. The first-order chi connectivity index (χ1) is 19.4. The lowest BCUT2D eigenvalue weighted by Gasteiger charge is -2.34. The molecular weight excluding hydrogens is 532 g/mol. The van der Waals surface area contributed by atoms with Gasteiger partial charge >= 0.3 is 6.09 Å². The molecule has 2 aliphatic rings. The Bertz CT molecular complexity index is 1480. The molecule has 0 atom stereocenters. The van der Waals surface area contributed by atoms with E-state index in [1.165, 1.54) is 51.0 Å². The van der Waals surface area contributed by atoms with E-state index < -0.39 is 10.0 Å². The van der Waals surface area contributed by atoms with Crippen LogP contribution in [0.25, 0.3) is 10.9 Å². The number of rotatable bonds is 8. The number of piperazine rings is 1. The average Bonchev–Trinajstić information content (AvgIpc) is 3.50. The fourth-order valence-electron chi connectivity index (χ4n) is 5.38. The SMILES string of the molecule is COc1cc(C(=O)N2CCN(C(=O)OCCC3CCCC3)CC2)ccc1NS(=O)(=O)c1cccc2cccnc12. The van der Waals surface area contributed by atoms with Crippen molar-refractivity contribution in [3.05, 3.63) is 60.3 Å². The summed E-state index contributed by atoms with van der Waals surface area (Å²) in [6.07, 6.45) is 7.10. The van der Waals surface area contributed by atoms with Gasteiger partial charge in [0, 0.05) is 43.3 Å². The van der Waals surface area contributed by atoms with Crippen LogP contribution in [0.3, 0.4) is 0 Å². The number of anilines is 1. The van der Waals surface area contributed by atoms with Crippen molar-refractivity contribution in [1.29, 1.82) is 0 Å². The van der Waals surface area contributed by atoms with Gasteiger partial charge < -0.3 is 19.3 Å². The van der Waals surface area contributed by atoms with E-state index in [2.05, 4.69) is 9.71 Å². The van der Waals surface area contributed by atoms with Gasteiger partial charge in [-0.3, -0.25) is 14.5 Å². The summed E-state index contributed by atoms with van der Waals surface area (Å²) in [5, 5.41) is 0.704. The number of carbonyl (C=O) groups excluding carboxylic acids is 2. The van der Waals surface area contributed by atoms with E-state index in [-0.39, 0.29) is 28.3 Å². The van der Waals surface area contributed by atoms with E-state index in [1.807, 2.05) is 0 Å². The first-order valence-corrected chi connectivity index (χ1v) is 15.1. The molecular formula is C29H34N4O6S. The zero-order valence-corrected chi connectivity index (χ0v) is 23.4. The van der Waals surface area contributed by atoms with Gasteiger partial charge in [-0.25, -0.2) is 13.2 Å². The van der Waals surface area contributed by atoms with Crippen molar-refractivity contribution in [2.24, 2.45) is 5.92 Å². The van der Waals surface area contributed by atoms with Crippen LogP contribution in [0.5, 0.6) is 5.75 Å². The minimum absolute atomic E-state index is 0.0442. The number of nitrogens with zero attached hydrogens (tertiary/aromatic N) is 3. The molecule has 1 aliphatic heterocycles. The summed E-state index contributed by atoms with van der Waals surface area (Å²) in [6.45, 7) is 1.97. The van der Waals surface area contributed by atoms with Gasteiger partial charge in [-0.2, -0.15) is 0 Å². The van der Waals surface area contributed by atoms with Gasteiger partial charge in [0.1, 0.15) is 10.6 Å². The molecule has 10 nitrogen and oxygen atoms in total. The van der Waals surface area contributed by atoms with Crippen LogP contribution in [0.4, 0.5) is 10.5 Å². The van der Waals surface area contributed by atoms with Gasteiger partial charge in [0.25, 0.3) is 15.9 Å². The molecule has 212 valence electrons. The predicted molar refractivity (Wildman–Crippen MR) is 151 cm³/mol. The van der Waals surface area contributed by atoms with Gasteiger partial charge in [0.05, 0.1) is 24.9 Å². The normalized spacial score (nSPS) is 16.2. The summed E-state index contributed by atoms with van der Waals surface area (Å²) in [5.74, 6) is 0.656. The summed E-state index contributed by atoms with van der Waals surface area (Å²) >= 11 is 0. The molecule has 2 fully saturated rings. The molecule has 1 aliphatic carbocycles. The van der Waals surface area contributed by atoms with Gasteiger partial charge in [-0.1, -0.05) is 43.9 Å². The van der Waals surface area contributed by atoms with Gasteiger partial charge in [0.15, 0.2) is 0 Å². The number of carbonyl (C=O) groups is 2. The standard InChI is InChI=1S/C29H34N4O6S/c1-38-25-20-23(11-12-24(25)31-40(36,37)26-10-4-8-22-9-5-14-30-27(22)26)28(34)32-15-17-33(18-16-32)29(35)39-19-13-21-6-2-3-7-21/h4-5,8-12,14,20-21,31H,2-3,6-7,13,15-19H2,1H3. The van der Waals surface area contributed by atoms with Crippen molar-refractivity contribution >= 4 is 38.6 Å². The van der Waals surface area contributed by atoms with Crippen LogP contribution in [0.2, 0.25) is 0 Å². The lowest BCUT2D eigenvalue weighted by molar-refractivity contribution is 0.0548. The van der Waals surface area contributed by atoms with Crippen molar-refractivity contribution in [1.82, 2.24) is 14.8 Å². The molecule has 0 bridgehead atoms. The van der Waals surface area contributed by atoms with Gasteiger partial charge in [-0.15, -0.1) is 0 Å². The summed E-state index contributed by atoms with van der Waals surface area (Å²) in [6, 6.07) is 13.1. The van der Waals surface area contributed by atoms with E-state index in [9.17, 15) is 18.0 Å². The predicted octanol–water partition coefficient (Wildman–Crippen LogP) is 4.52. The minimum atomic E-state index is -3.99. The fourth-order valence-corrected chi connectivity index (χ4v) is 6.63. The third kappa shape index (κ3) is 6.14. The number of methoxy groups -OCH3 is 1. The highest BCUT2D eigenvalue weighted by Crippen LogP contribution is 2.31. The molecule has 0 spiro atoms. The second-order valence-corrected chi connectivity index (χ2v) is 11.8. The maximum atomic E-state index is 13.2. The van der Waals surface area contributed by atoms with Crippen LogP contribution in [-0.2, 0) is 14.8 Å². The highest BCUT2D eigenvalue weighted by atomic mass is 32.2. The quantitative estimate of drug-likeness (QED) is 0.426. The van der Waals surface area contributed by atoms with Crippen LogP contribution in [0.15, 0.2) is 59.6 Å². The monoisotopic (exact) mass is 566 g/mol. The third-order valence-electron chi connectivity index (χ3n) is 7.63. The second-order valence-electron chi connectivity index (χ2n) is 10.2. The zero-order chi connectivity index (χ0) is 28.1. The molecule has 2 aromatic carbocycles. The lowest BCUT2D eigenvalue weighted by atomic mass is 10.1. The Labute approximate surface area is 234 Å². The van der Waals surface area contributed by atoms with Crippen molar-refractivity contribution in [3.8, 4) is 5.75 Å². The summed E-state index contributed by atoms with van der Waals surface area (Å²) in [5.41, 5.74) is 0.927. The smallest absolute Gasteiger partial charge is 0.409 e. The van der Waals surface area contributed by atoms with Gasteiger partial charge in [-0.05, 0) is 42.7 Å². The number of nitrogens with one attached hydrogen (secondary N) is 1. The van der Waals surface area contributed by atoms with Crippen molar-refractivity contribution < 1.29 is 27.5 Å². The number of para-hydroxylation sites is 1. The molecule has 2 heterocycles. The van der Waals surface area contributed by atoms with Crippen LogP contribution in [0.1, 0.15) is 42.5 Å². The van der Waals surface area contributed by atoms with Crippen molar-refractivity contribution in [2.45, 2.75) is 37.0 Å². The molecule has 2 amide bonds. The lowest BCUT2D eigenvalue weighted by Crippen LogP contribution is -2.50. The van der Waals surface area contributed by atoms with Crippen LogP contribution >= 0.6 is 0 Å². The Morgan fingerprint density at radius 2 is 1.73 bits per heavy atom. The Morgan fingerprint density at radius 1 is 1.00 bits per heavy atom. The molecule has 3 aromatic rings. The molecule has 1 saturated heterocycles. The van der Waals surface area contributed by atoms with E-state index in [0.29, 0.717) is 55.2 Å². The molecule has 11 heteroatoms. The Morgan fingerprint density at radius 3 is 2.48 bits per heavy atom. The number of benzene rings is 2. The molecule has 40 heavy (non-hydrogen) atoms. The average molecular weight is 567 g/mol. The Kier molecular flexibility index (Phi) is 8.39. The summed E-state index contributed by atoms with van der Waals surface area (Å²) in [4.78, 5) is 33.3. The van der Waals surface area contributed by atoms with E-state index in [4.69, 9.17) is 9.47 Å². The number of aromatic nitrogens is 1. The number of hydrogen-bond donors (Lipinski definition) is 1. The highest BCUT2D eigenvalue weighted by Gasteiger charge is 2.27. The molecule has 0 unspecified atom stereocenters. The van der Waals surface area contributed by atoms with E-state index in [1.54, 1.807) is 46.3 Å². The first-order valence-electron chi connectivity index (χ1n) is 13.6. The minimum Gasteiger partial charge on any atom is -0.495 e. The third-order valence-corrected chi connectivity index (χ3v) is 9.03. The Hall–Kier alpha value is -3.86. The Balaban J connectivity index is 1.20. The van der Waals surface area contributed by atoms with Gasteiger partial charge in [0.2, 0.25) is 0 Å². The summed E-state index contributed by atoms with van der Waals surface area (Å²) in [7, 11) is -2.57. The second kappa shape index (κ2) is 12.1.